The Hall–Kier alpha value is -1.83. The Balaban J connectivity index is 1.84. The zero-order valence-electron chi connectivity index (χ0n) is 15.4. The van der Waals surface area contributed by atoms with Crippen LogP contribution in [0.25, 0.3) is 10.2 Å². The number of carbonyl (C=O) groups excluding carboxylic acids is 1. The predicted octanol–water partition coefficient (Wildman–Crippen LogP) is 4.80. The van der Waals surface area contributed by atoms with Crippen LogP contribution in [0.15, 0.2) is 29.2 Å². The van der Waals surface area contributed by atoms with Crippen molar-refractivity contribution in [1.29, 1.82) is 0 Å². The second-order valence-corrected chi connectivity index (χ2v) is 8.69. The third-order valence-electron chi connectivity index (χ3n) is 4.05. The van der Waals surface area contributed by atoms with Crippen LogP contribution in [0.2, 0.25) is 5.02 Å². The van der Waals surface area contributed by atoms with E-state index < -0.39 is 0 Å². The Morgan fingerprint density at radius 3 is 2.67 bits per heavy atom. The number of amides is 1. The number of likely N-dealkylation sites (N-methyl/N-ethyl adjacent to an activating group) is 1. The number of thiophene rings is 1. The van der Waals surface area contributed by atoms with Crippen molar-refractivity contribution in [2.45, 2.75) is 31.4 Å². The molecule has 0 aliphatic rings. The number of hydrogen-bond donors (Lipinski definition) is 2. The lowest BCUT2D eigenvalue weighted by Crippen LogP contribution is -2.29. The van der Waals surface area contributed by atoms with Crippen molar-refractivity contribution in [3.8, 4) is 0 Å². The highest BCUT2D eigenvalue weighted by Gasteiger charge is 2.15. The first-order valence-electron chi connectivity index (χ1n) is 8.63. The van der Waals surface area contributed by atoms with E-state index in [0.717, 1.165) is 37.3 Å². The fourth-order valence-electron chi connectivity index (χ4n) is 2.59. The second-order valence-electron chi connectivity index (χ2n) is 6.00. The highest BCUT2D eigenvalue weighted by molar-refractivity contribution is 7.98. The van der Waals surface area contributed by atoms with Crippen LogP contribution in [0.4, 0.5) is 5.82 Å². The number of aryl methyl sites for hydroxylation is 2. The Labute approximate surface area is 171 Å². The molecular formula is C19H21ClN4OS2. The van der Waals surface area contributed by atoms with E-state index in [1.165, 1.54) is 4.88 Å². The predicted molar refractivity (Wildman–Crippen MR) is 115 cm³/mol. The van der Waals surface area contributed by atoms with Gasteiger partial charge in [-0.2, -0.15) is 0 Å². The molecule has 0 saturated carbocycles. The molecule has 2 N–H and O–H groups in total. The summed E-state index contributed by atoms with van der Waals surface area (Å²) in [4.78, 5) is 24.5. The molecular weight excluding hydrogens is 400 g/mol. The molecule has 0 aliphatic carbocycles. The standard InChI is InChI=1S/C19H21ClN4OS2/c1-4-21-16(25)9-22-18-17-11(2)12(3)27-19(17)24-15(23-18)10-26-14-7-5-13(20)6-8-14/h5-8H,4,9-10H2,1-3H3,(H,21,25)(H,22,23,24). The van der Waals surface area contributed by atoms with Crippen LogP contribution in [0, 0.1) is 13.8 Å². The molecule has 0 aliphatic heterocycles. The van der Waals surface area contributed by atoms with Crippen molar-refractivity contribution >= 4 is 56.6 Å². The Morgan fingerprint density at radius 2 is 1.96 bits per heavy atom. The van der Waals surface area contributed by atoms with E-state index in [1.807, 2.05) is 31.2 Å². The van der Waals surface area contributed by atoms with Crippen LogP contribution in [0.3, 0.4) is 0 Å². The van der Waals surface area contributed by atoms with Gasteiger partial charge < -0.3 is 10.6 Å². The smallest absolute Gasteiger partial charge is 0.239 e. The minimum Gasteiger partial charge on any atom is -0.360 e. The maximum Gasteiger partial charge on any atom is 0.239 e. The first kappa shape index (κ1) is 19.9. The van der Waals surface area contributed by atoms with Crippen LogP contribution in [0.5, 0.6) is 0 Å². The van der Waals surface area contributed by atoms with E-state index in [9.17, 15) is 4.79 Å². The largest absolute Gasteiger partial charge is 0.360 e. The van der Waals surface area contributed by atoms with Gasteiger partial charge in [-0.15, -0.1) is 23.1 Å². The molecule has 1 amide bonds. The number of nitrogens with one attached hydrogen (secondary N) is 2. The van der Waals surface area contributed by atoms with Gasteiger partial charge in [0.05, 0.1) is 17.7 Å². The minimum atomic E-state index is -0.0500. The van der Waals surface area contributed by atoms with Gasteiger partial charge in [-0.25, -0.2) is 9.97 Å². The number of fused-ring (bicyclic) bond motifs is 1. The van der Waals surface area contributed by atoms with E-state index in [1.54, 1.807) is 23.1 Å². The molecule has 27 heavy (non-hydrogen) atoms. The van der Waals surface area contributed by atoms with Gasteiger partial charge in [-0.05, 0) is 50.6 Å². The average Bonchev–Trinajstić information content (AvgIpc) is 2.93. The molecule has 0 atom stereocenters. The third-order valence-corrected chi connectivity index (χ3v) is 6.41. The number of benzene rings is 1. The first-order valence-corrected chi connectivity index (χ1v) is 10.8. The van der Waals surface area contributed by atoms with Crippen molar-refractivity contribution < 1.29 is 4.79 Å². The van der Waals surface area contributed by atoms with Crippen molar-refractivity contribution in [3.63, 3.8) is 0 Å². The second kappa shape index (κ2) is 8.91. The fraction of sp³-hybridized carbons (Fsp3) is 0.316. The number of anilines is 1. The number of nitrogens with zero attached hydrogens (tertiary/aromatic N) is 2. The molecule has 142 valence electrons. The topological polar surface area (TPSA) is 66.9 Å². The zero-order chi connectivity index (χ0) is 19.4. The van der Waals surface area contributed by atoms with E-state index in [0.29, 0.717) is 12.3 Å². The Kier molecular flexibility index (Phi) is 6.57. The Morgan fingerprint density at radius 1 is 1.22 bits per heavy atom. The average molecular weight is 421 g/mol. The quantitative estimate of drug-likeness (QED) is 0.537. The SMILES string of the molecule is CCNC(=O)CNc1nc(CSc2ccc(Cl)cc2)nc2sc(C)c(C)c12. The van der Waals surface area contributed by atoms with Gasteiger partial charge in [0.2, 0.25) is 5.91 Å². The molecule has 3 aromatic rings. The van der Waals surface area contributed by atoms with Crippen molar-refractivity contribution in [1.82, 2.24) is 15.3 Å². The minimum absolute atomic E-state index is 0.0500. The monoisotopic (exact) mass is 420 g/mol. The van der Waals surface area contributed by atoms with Crippen LogP contribution in [-0.2, 0) is 10.5 Å². The number of carbonyl (C=O) groups is 1. The van der Waals surface area contributed by atoms with Crippen molar-refractivity contribution in [2.24, 2.45) is 0 Å². The summed E-state index contributed by atoms with van der Waals surface area (Å²) < 4.78 is 0. The van der Waals surface area contributed by atoms with E-state index >= 15 is 0 Å². The van der Waals surface area contributed by atoms with Crippen LogP contribution < -0.4 is 10.6 Å². The number of halogens is 1. The molecule has 8 heteroatoms. The summed E-state index contributed by atoms with van der Waals surface area (Å²) in [6.07, 6.45) is 0. The summed E-state index contributed by atoms with van der Waals surface area (Å²) in [6, 6.07) is 7.72. The van der Waals surface area contributed by atoms with E-state index in [2.05, 4.69) is 24.5 Å². The molecule has 1 aromatic carbocycles. The molecule has 2 heterocycles. The van der Waals surface area contributed by atoms with Crippen LogP contribution in [-0.4, -0.2) is 29.0 Å². The van der Waals surface area contributed by atoms with Crippen LogP contribution in [0.1, 0.15) is 23.2 Å². The number of hydrogen-bond acceptors (Lipinski definition) is 6. The molecule has 5 nitrogen and oxygen atoms in total. The van der Waals surface area contributed by atoms with Gasteiger partial charge in [0.1, 0.15) is 16.5 Å². The van der Waals surface area contributed by atoms with E-state index in [-0.39, 0.29) is 12.5 Å². The van der Waals surface area contributed by atoms with Crippen LogP contribution >= 0.6 is 34.7 Å². The third kappa shape index (κ3) is 4.91. The summed E-state index contributed by atoms with van der Waals surface area (Å²) in [5.74, 6) is 2.05. The van der Waals surface area contributed by atoms with Gasteiger partial charge in [0.25, 0.3) is 0 Å². The molecule has 0 saturated heterocycles. The van der Waals surface area contributed by atoms with Gasteiger partial charge in [-0.1, -0.05) is 11.6 Å². The first-order chi connectivity index (χ1) is 13.0. The number of aromatic nitrogens is 2. The van der Waals surface area contributed by atoms with Gasteiger partial charge in [0.15, 0.2) is 0 Å². The summed E-state index contributed by atoms with van der Waals surface area (Å²) in [5, 5.41) is 7.70. The lowest BCUT2D eigenvalue weighted by atomic mass is 10.2. The van der Waals surface area contributed by atoms with Gasteiger partial charge in [0, 0.05) is 21.3 Å². The lowest BCUT2D eigenvalue weighted by molar-refractivity contribution is -0.119. The van der Waals surface area contributed by atoms with Gasteiger partial charge >= 0.3 is 0 Å². The van der Waals surface area contributed by atoms with Crippen molar-refractivity contribution in [3.05, 3.63) is 45.6 Å². The molecule has 3 rings (SSSR count). The fourth-order valence-corrected chi connectivity index (χ4v) is 4.52. The van der Waals surface area contributed by atoms with E-state index in [4.69, 9.17) is 21.6 Å². The number of rotatable bonds is 7. The van der Waals surface area contributed by atoms with Gasteiger partial charge in [-0.3, -0.25) is 4.79 Å². The lowest BCUT2D eigenvalue weighted by Gasteiger charge is -2.10. The molecule has 0 fully saturated rings. The Bertz CT molecular complexity index is 956. The molecule has 0 bridgehead atoms. The summed E-state index contributed by atoms with van der Waals surface area (Å²) in [6.45, 7) is 6.85. The number of thioether (sulfide) groups is 1. The molecule has 2 aromatic heterocycles. The molecule has 0 spiro atoms. The summed E-state index contributed by atoms with van der Waals surface area (Å²) in [5.41, 5.74) is 1.16. The summed E-state index contributed by atoms with van der Waals surface area (Å²) in [7, 11) is 0. The maximum atomic E-state index is 11.8. The zero-order valence-corrected chi connectivity index (χ0v) is 17.8. The highest BCUT2D eigenvalue weighted by Crippen LogP contribution is 2.34. The van der Waals surface area contributed by atoms with Crippen molar-refractivity contribution in [2.75, 3.05) is 18.4 Å². The molecule has 0 unspecified atom stereocenters. The summed E-state index contributed by atoms with van der Waals surface area (Å²) >= 11 is 9.26. The highest BCUT2D eigenvalue weighted by atomic mass is 35.5. The molecule has 0 radical (unpaired) electrons. The normalized spacial score (nSPS) is 11.0. The maximum absolute atomic E-state index is 11.8.